The van der Waals surface area contributed by atoms with Gasteiger partial charge in [0.1, 0.15) is 5.75 Å². The lowest BCUT2D eigenvalue weighted by molar-refractivity contribution is 0.405. The fourth-order valence-corrected chi connectivity index (χ4v) is 3.50. The van der Waals surface area contributed by atoms with Crippen molar-refractivity contribution in [2.24, 2.45) is 10.9 Å². The van der Waals surface area contributed by atoms with Crippen molar-refractivity contribution < 1.29 is 4.74 Å². The summed E-state index contributed by atoms with van der Waals surface area (Å²) in [5.74, 6) is 3.26. The third-order valence-electron chi connectivity index (χ3n) is 3.90. The summed E-state index contributed by atoms with van der Waals surface area (Å²) >= 11 is 1.82. The zero-order valence-electron chi connectivity index (χ0n) is 16.4. The van der Waals surface area contributed by atoms with E-state index in [0.29, 0.717) is 5.92 Å². The first kappa shape index (κ1) is 21.1. The molecule has 1 heterocycles. The predicted octanol–water partition coefficient (Wildman–Crippen LogP) is 3.62. The Labute approximate surface area is 167 Å². The van der Waals surface area contributed by atoms with Gasteiger partial charge in [-0.1, -0.05) is 25.1 Å². The monoisotopic (exact) mass is 386 g/mol. The zero-order valence-corrected chi connectivity index (χ0v) is 17.3. The number of rotatable bonds is 10. The minimum absolute atomic E-state index is 0.464. The molecular weight excluding hydrogens is 356 g/mol. The van der Waals surface area contributed by atoms with Crippen LogP contribution in [-0.4, -0.2) is 43.4 Å². The van der Waals surface area contributed by atoms with Gasteiger partial charge >= 0.3 is 0 Å². The van der Waals surface area contributed by atoms with Gasteiger partial charge in [0.2, 0.25) is 0 Å². The van der Waals surface area contributed by atoms with Gasteiger partial charge in [-0.05, 0) is 37.1 Å². The Hall–Kier alpha value is -2.21. The molecule has 2 aromatic rings. The Bertz CT molecular complexity index is 694. The van der Waals surface area contributed by atoms with E-state index in [2.05, 4.69) is 35.5 Å². The number of pyridine rings is 1. The maximum absolute atomic E-state index is 5.42. The Morgan fingerprint density at radius 3 is 2.74 bits per heavy atom. The summed E-state index contributed by atoms with van der Waals surface area (Å²) in [6, 6.07) is 14.1. The van der Waals surface area contributed by atoms with Gasteiger partial charge in [0.25, 0.3) is 0 Å². The third kappa shape index (κ3) is 7.91. The number of guanidine groups is 1. The summed E-state index contributed by atoms with van der Waals surface area (Å²) < 4.78 is 5.42. The van der Waals surface area contributed by atoms with Crippen molar-refractivity contribution >= 4 is 17.7 Å². The summed E-state index contributed by atoms with van der Waals surface area (Å²) in [4.78, 5) is 10.3. The summed E-state index contributed by atoms with van der Waals surface area (Å²) in [5.41, 5.74) is 1.09. The average molecular weight is 387 g/mol. The van der Waals surface area contributed by atoms with E-state index >= 15 is 0 Å². The van der Waals surface area contributed by atoms with Gasteiger partial charge in [-0.3, -0.25) is 9.98 Å². The predicted molar refractivity (Wildman–Crippen MR) is 115 cm³/mol. The molecule has 0 aliphatic rings. The van der Waals surface area contributed by atoms with Gasteiger partial charge in [-0.15, -0.1) is 11.8 Å². The number of aromatic nitrogens is 1. The van der Waals surface area contributed by atoms with Crippen LogP contribution in [0.2, 0.25) is 0 Å². The molecule has 0 fully saturated rings. The molecule has 1 unspecified atom stereocenters. The SMILES string of the molecule is CCNC(=NCC(C)CSc1ccccc1OC)NCCc1ccccn1. The molecule has 1 aromatic heterocycles. The van der Waals surface area contributed by atoms with Crippen LogP contribution in [0.4, 0.5) is 0 Å². The number of aliphatic imine (C=N–C) groups is 1. The van der Waals surface area contributed by atoms with Gasteiger partial charge in [-0.2, -0.15) is 0 Å². The number of benzene rings is 1. The molecule has 0 saturated heterocycles. The number of ether oxygens (including phenoxy) is 1. The highest BCUT2D eigenvalue weighted by atomic mass is 32.2. The Morgan fingerprint density at radius 1 is 1.19 bits per heavy atom. The van der Waals surface area contributed by atoms with Crippen LogP contribution in [0.3, 0.4) is 0 Å². The molecule has 5 nitrogen and oxygen atoms in total. The molecule has 27 heavy (non-hydrogen) atoms. The van der Waals surface area contributed by atoms with Crippen molar-refractivity contribution in [2.45, 2.75) is 25.2 Å². The van der Waals surface area contributed by atoms with E-state index in [1.54, 1.807) is 7.11 Å². The minimum atomic E-state index is 0.464. The number of nitrogens with zero attached hydrogens (tertiary/aromatic N) is 2. The maximum Gasteiger partial charge on any atom is 0.191 e. The second-order valence-electron chi connectivity index (χ2n) is 6.28. The molecule has 1 aromatic carbocycles. The quantitative estimate of drug-likeness (QED) is 0.371. The molecule has 0 aliphatic heterocycles. The van der Waals surface area contributed by atoms with E-state index in [1.165, 1.54) is 4.90 Å². The van der Waals surface area contributed by atoms with Gasteiger partial charge in [0, 0.05) is 48.6 Å². The molecule has 0 radical (unpaired) electrons. The van der Waals surface area contributed by atoms with Crippen molar-refractivity contribution in [3.63, 3.8) is 0 Å². The lowest BCUT2D eigenvalue weighted by Gasteiger charge is -2.14. The van der Waals surface area contributed by atoms with Gasteiger partial charge < -0.3 is 15.4 Å². The average Bonchev–Trinajstić information content (AvgIpc) is 2.71. The van der Waals surface area contributed by atoms with Crippen molar-refractivity contribution in [3.05, 3.63) is 54.4 Å². The van der Waals surface area contributed by atoms with Crippen molar-refractivity contribution in [2.75, 3.05) is 32.5 Å². The fourth-order valence-electron chi connectivity index (χ4n) is 2.47. The summed E-state index contributed by atoms with van der Waals surface area (Å²) in [6.45, 7) is 6.74. The molecule has 0 aliphatic carbocycles. The van der Waals surface area contributed by atoms with Crippen LogP contribution in [0, 0.1) is 5.92 Å². The standard InChI is InChI=1S/C21H30N4OS/c1-4-22-21(24-14-12-18-9-7-8-13-23-18)25-15-17(2)16-27-20-11-6-5-10-19(20)26-3/h5-11,13,17H,4,12,14-16H2,1-3H3,(H2,22,24,25). The van der Waals surface area contributed by atoms with Crippen LogP contribution in [0.5, 0.6) is 5.75 Å². The second-order valence-corrected chi connectivity index (χ2v) is 7.35. The number of methoxy groups -OCH3 is 1. The first-order chi connectivity index (χ1) is 13.2. The maximum atomic E-state index is 5.42. The summed E-state index contributed by atoms with van der Waals surface area (Å²) in [6.07, 6.45) is 2.71. The van der Waals surface area contributed by atoms with Crippen LogP contribution in [-0.2, 0) is 6.42 Å². The molecule has 0 bridgehead atoms. The summed E-state index contributed by atoms with van der Waals surface area (Å²) in [7, 11) is 1.71. The number of hydrogen-bond acceptors (Lipinski definition) is 4. The van der Waals surface area contributed by atoms with E-state index in [1.807, 2.05) is 54.4 Å². The Kier molecular flexibility index (Phi) is 9.55. The van der Waals surface area contributed by atoms with Crippen LogP contribution in [0.1, 0.15) is 19.5 Å². The number of thioether (sulfide) groups is 1. The smallest absolute Gasteiger partial charge is 0.191 e. The molecule has 2 rings (SSSR count). The lowest BCUT2D eigenvalue weighted by atomic mass is 10.2. The van der Waals surface area contributed by atoms with Crippen LogP contribution in [0.15, 0.2) is 58.5 Å². The first-order valence-corrected chi connectivity index (χ1v) is 10.4. The van der Waals surface area contributed by atoms with E-state index in [-0.39, 0.29) is 0 Å². The minimum Gasteiger partial charge on any atom is -0.496 e. The van der Waals surface area contributed by atoms with E-state index in [9.17, 15) is 0 Å². The van der Waals surface area contributed by atoms with Gasteiger partial charge in [0.05, 0.1) is 7.11 Å². The topological polar surface area (TPSA) is 58.5 Å². The third-order valence-corrected chi connectivity index (χ3v) is 5.28. The highest BCUT2D eigenvalue weighted by Crippen LogP contribution is 2.29. The van der Waals surface area contributed by atoms with Crippen molar-refractivity contribution in [1.29, 1.82) is 0 Å². The van der Waals surface area contributed by atoms with Crippen LogP contribution in [0.25, 0.3) is 0 Å². The fraction of sp³-hybridized carbons (Fsp3) is 0.429. The Balaban J connectivity index is 1.78. The Morgan fingerprint density at radius 2 is 2.00 bits per heavy atom. The normalized spacial score (nSPS) is 12.5. The number of para-hydroxylation sites is 1. The van der Waals surface area contributed by atoms with E-state index in [0.717, 1.165) is 49.2 Å². The molecule has 0 amide bonds. The second kappa shape index (κ2) is 12.2. The van der Waals surface area contributed by atoms with Crippen molar-refractivity contribution in [3.8, 4) is 5.75 Å². The molecule has 6 heteroatoms. The molecule has 2 N–H and O–H groups in total. The highest BCUT2D eigenvalue weighted by molar-refractivity contribution is 7.99. The summed E-state index contributed by atoms with van der Waals surface area (Å²) in [5, 5.41) is 6.70. The molecule has 1 atom stereocenters. The van der Waals surface area contributed by atoms with Crippen molar-refractivity contribution in [1.82, 2.24) is 15.6 Å². The number of hydrogen-bond donors (Lipinski definition) is 2. The lowest BCUT2D eigenvalue weighted by Crippen LogP contribution is -2.38. The van der Waals surface area contributed by atoms with E-state index in [4.69, 9.17) is 9.73 Å². The van der Waals surface area contributed by atoms with Gasteiger partial charge in [-0.25, -0.2) is 0 Å². The van der Waals surface area contributed by atoms with Crippen LogP contribution < -0.4 is 15.4 Å². The highest BCUT2D eigenvalue weighted by Gasteiger charge is 2.07. The molecular formula is C21H30N4OS. The number of nitrogens with one attached hydrogen (secondary N) is 2. The largest absolute Gasteiger partial charge is 0.496 e. The van der Waals surface area contributed by atoms with Gasteiger partial charge in [0.15, 0.2) is 5.96 Å². The molecule has 146 valence electrons. The molecule has 0 saturated carbocycles. The zero-order chi connectivity index (χ0) is 19.3. The van der Waals surface area contributed by atoms with Crippen LogP contribution >= 0.6 is 11.8 Å². The molecule has 0 spiro atoms. The van der Waals surface area contributed by atoms with E-state index < -0.39 is 0 Å². The first-order valence-electron chi connectivity index (χ1n) is 9.40.